The van der Waals surface area contributed by atoms with Gasteiger partial charge in [-0.05, 0) is 24.8 Å². The molecule has 0 radical (unpaired) electrons. The van der Waals surface area contributed by atoms with E-state index in [1.807, 2.05) is 56.3 Å². The lowest BCUT2D eigenvalue weighted by molar-refractivity contribution is -0.123. The van der Waals surface area contributed by atoms with Gasteiger partial charge in [0.2, 0.25) is 0 Å². The summed E-state index contributed by atoms with van der Waals surface area (Å²) in [6.07, 6.45) is 0.810. The van der Waals surface area contributed by atoms with Crippen molar-refractivity contribution in [2.45, 2.75) is 20.3 Å². The number of nitrogens with zero attached hydrogens (tertiary/aromatic N) is 1. The standard InChI is InChI=1S/C16H18N2O2/c1-3-12(2)17-18-16(19)11-20-15-10-6-8-13-7-4-5-9-14(13)15/h4-10H,3,11H2,1-2H3,(H,18,19). The van der Waals surface area contributed by atoms with E-state index in [0.29, 0.717) is 5.75 Å². The van der Waals surface area contributed by atoms with Crippen LogP contribution >= 0.6 is 0 Å². The van der Waals surface area contributed by atoms with Crippen LogP contribution in [0.2, 0.25) is 0 Å². The molecule has 0 aliphatic heterocycles. The third-order valence-electron chi connectivity index (χ3n) is 2.99. The second kappa shape index (κ2) is 6.70. The molecule has 0 fully saturated rings. The SMILES string of the molecule is CCC(C)=NNC(=O)COc1cccc2ccccc12. The summed E-state index contributed by atoms with van der Waals surface area (Å²) in [5.41, 5.74) is 3.35. The van der Waals surface area contributed by atoms with Crippen LogP contribution in [0.4, 0.5) is 0 Å². The molecule has 4 heteroatoms. The van der Waals surface area contributed by atoms with Gasteiger partial charge in [-0.1, -0.05) is 43.3 Å². The lowest BCUT2D eigenvalue weighted by Gasteiger charge is -2.08. The third-order valence-corrected chi connectivity index (χ3v) is 2.99. The van der Waals surface area contributed by atoms with E-state index >= 15 is 0 Å². The highest BCUT2D eigenvalue weighted by Gasteiger charge is 2.05. The molecule has 0 heterocycles. The smallest absolute Gasteiger partial charge is 0.277 e. The number of rotatable bonds is 5. The van der Waals surface area contributed by atoms with E-state index in [4.69, 9.17) is 4.74 Å². The molecule has 0 aromatic heterocycles. The maximum atomic E-state index is 11.6. The van der Waals surface area contributed by atoms with E-state index in [2.05, 4.69) is 10.5 Å². The van der Waals surface area contributed by atoms with Crippen LogP contribution < -0.4 is 10.2 Å². The van der Waals surface area contributed by atoms with Crippen molar-refractivity contribution in [2.24, 2.45) is 5.10 Å². The van der Waals surface area contributed by atoms with Crippen LogP contribution in [0.25, 0.3) is 10.8 Å². The highest BCUT2D eigenvalue weighted by atomic mass is 16.5. The lowest BCUT2D eigenvalue weighted by atomic mass is 10.1. The minimum Gasteiger partial charge on any atom is -0.483 e. The van der Waals surface area contributed by atoms with Crippen LogP contribution in [0.5, 0.6) is 5.75 Å². The van der Waals surface area contributed by atoms with Crippen molar-refractivity contribution in [3.63, 3.8) is 0 Å². The zero-order chi connectivity index (χ0) is 14.4. The Kier molecular flexibility index (Phi) is 4.71. The Hall–Kier alpha value is -2.36. The highest BCUT2D eigenvalue weighted by molar-refractivity contribution is 5.89. The van der Waals surface area contributed by atoms with Gasteiger partial charge in [-0.3, -0.25) is 4.79 Å². The van der Waals surface area contributed by atoms with Gasteiger partial charge in [0.25, 0.3) is 5.91 Å². The van der Waals surface area contributed by atoms with Crippen LogP contribution in [0.1, 0.15) is 20.3 Å². The fourth-order valence-electron chi connectivity index (χ4n) is 1.73. The van der Waals surface area contributed by atoms with Gasteiger partial charge < -0.3 is 4.74 Å². The normalized spacial score (nSPS) is 11.4. The van der Waals surface area contributed by atoms with E-state index in [0.717, 1.165) is 22.9 Å². The molecule has 0 saturated heterocycles. The number of hydrogen-bond acceptors (Lipinski definition) is 3. The van der Waals surface area contributed by atoms with Crippen molar-refractivity contribution >= 4 is 22.4 Å². The number of amides is 1. The van der Waals surface area contributed by atoms with Crippen LogP contribution in [-0.2, 0) is 4.79 Å². The molecule has 20 heavy (non-hydrogen) atoms. The predicted molar refractivity (Wildman–Crippen MR) is 81.0 cm³/mol. The molecule has 1 amide bonds. The monoisotopic (exact) mass is 270 g/mol. The first-order valence-electron chi connectivity index (χ1n) is 6.63. The Balaban J connectivity index is 2.01. The van der Waals surface area contributed by atoms with Gasteiger partial charge in [0, 0.05) is 11.1 Å². The van der Waals surface area contributed by atoms with Gasteiger partial charge in [-0.2, -0.15) is 5.10 Å². The molecule has 0 spiro atoms. The van der Waals surface area contributed by atoms with E-state index in [1.54, 1.807) is 0 Å². The molecule has 104 valence electrons. The summed E-state index contributed by atoms with van der Waals surface area (Å²) in [6, 6.07) is 13.7. The molecule has 0 unspecified atom stereocenters. The molecule has 0 atom stereocenters. The van der Waals surface area contributed by atoms with Crippen molar-refractivity contribution in [1.82, 2.24) is 5.43 Å². The molecule has 0 aliphatic rings. The number of benzene rings is 2. The van der Waals surface area contributed by atoms with Gasteiger partial charge in [0.1, 0.15) is 5.75 Å². The summed E-state index contributed by atoms with van der Waals surface area (Å²) < 4.78 is 5.57. The van der Waals surface area contributed by atoms with E-state index in [9.17, 15) is 4.79 Å². The first kappa shape index (κ1) is 14.1. The number of carbonyl (C=O) groups is 1. The number of fused-ring (bicyclic) bond motifs is 1. The Morgan fingerprint density at radius 1 is 1.20 bits per heavy atom. The van der Waals surface area contributed by atoms with Crippen LogP contribution in [-0.4, -0.2) is 18.2 Å². The first-order valence-corrected chi connectivity index (χ1v) is 6.63. The molecular weight excluding hydrogens is 252 g/mol. The average Bonchev–Trinajstić information content (AvgIpc) is 2.50. The van der Waals surface area contributed by atoms with Crippen molar-refractivity contribution < 1.29 is 9.53 Å². The molecule has 0 saturated carbocycles. The van der Waals surface area contributed by atoms with Gasteiger partial charge in [-0.25, -0.2) is 5.43 Å². The fourth-order valence-corrected chi connectivity index (χ4v) is 1.73. The molecule has 2 aromatic rings. The topological polar surface area (TPSA) is 50.7 Å². The largest absolute Gasteiger partial charge is 0.483 e. The molecule has 0 aliphatic carbocycles. The second-order valence-corrected chi connectivity index (χ2v) is 4.50. The third kappa shape index (κ3) is 3.57. The van der Waals surface area contributed by atoms with Gasteiger partial charge in [0.05, 0.1) is 0 Å². The Labute approximate surface area is 118 Å². The summed E-state index contributed by atoms with van der Waals surface area (Å²) in [5.74, 6) is 0.445. The zero-order valence-electron chi connectivity index (χ0n) is 11.7. The van der Waals surface area contributed by atoms with Gasteiger partial charge in [0.15, 0.2) is 6.61 Å². The Morgan fingerprint density at radius 3 is 2.75 bits per heavy atom. The maximum Gasteiger partial charge on any atom is 0.277 e. The first-order chi connectivity index (χ1) is 9.70. The molecule has 1 N–H and O–H groups in total. The molecular formula is C16H18N2O2. The summed E-state index contributed by atoms with van der Waals surface area (Å²) in [6.45, 7) is 3.80. The van der Waals surface area contributed by atoms with Crippen molar-refractivity contribution in [3.05, 3.63) is 42.5 Å². The van der Waals surface area contributed by atoms with Crippen molar-refractivity contribution in [3.8, 4) is 5.75 Å². The summed E-state index contributed by atoms with van der Waals surface area (Å²) in [4.78, 5) is 11.6. The summed E-state index contributed by atoms with van der Waals surface area (Å²) in [5, 5.41) is 6.04. The highest BCUT2D eigenvalue weighted by Crippen LogP contribution is 2.24. The van der Waals surface area contributed by atoms with E-state index < -0.39 is 0 Å². The minimum absolute atomic E-state index is 0.0471. The van der Waals surface area contributed by atoms with Crippen LogP contribution in [0.3, 0.4) is 0 Å². The summed E-state index contributed by atoms with van der Waals surface area (Å²) >= 11 is 0. The molecule has 2 rings (SSSR count). The quantitative estimate of drug-likeness (QED) is 0.670. The Morgan fingerprint density at radius 2 is 1.95 bits per heavy atom. The van der Waals surface area contributed by atoms with E-state index in [-0.39, 0.29) is 12.5 Å². The minimum atomic E-state index is -0.259. The lowest BCUT2D eigenvalue weighted by Crippen LogP contribution is -2.25. The van der Waals surface area contributed by atoms with Gasteiger partial charge >= 0.3 is 0 Å². The fraction of sp³-hybridized carbons (Fsp3) is 0.250. The number of hydrogen-bond donors (Lipinski definition) is 1. The van der Waals surface area contributed by atoms with Crippen molar-refractivity contribution in [2.75, 3.05) is 6.61 Å². The van der Waals surface area contributed by atoms with Crippen LogP contribution in [0.15, 0.2) is 47.6 Å². The zero-order valence-corrected chi connectivity index (χ0v) is 11.7. The Bertz CT molecular complexity index is 630. The van der Waals surface area contributed by atoms with E-state index in [1.165, 1.54) is 0 Å². The molecule has 4 nitrogen and oxygen atoms in total. The van der Waals surface area contributed by atoms with Crippen molar-refractivity contribution in [1.29, 1.82) is 0 Å². The number of ether oxygens (including phenoxy) is 1. The number of nitrogens with one attached hydrogen (secondary N) is 1. The maximum absolute atomic E-state index is 11.6. The summed E-state index contributed by atoms with van der Waals surface area (Å²) in [7, 11) is 0. The van der Waals surface area contributed by atoms with Crippen LogP contribution in [0, 0.1) is 0 Å². The number of hydrazone groups is 1. The molecule has 0 bridgehead atoms. The average molecular weight is 270 g/mol. The number of carbonyl (C=O) groups excluding carboxylic acids is 1. The predicted octanol–water partition coefficient (Wildman–Crippen LogP) is 3.12. The van der Waals surface area contributed by atoms with Gasteiger partial charge in [-0.15, -0.1) is 0 Å². The molecule has 2 aromatic carbocycles. The second-order valence-electron chi connectivity index (χ2n) is 4.50.